The lowest BCUT2D eigenvalue weighted by atomic mass is 9.81. The maximum Gasteiger partial charge on any atom is 0.411 e. The van der Waals surface area contributed by atoms with Gasteiger partial charge in [0.1, 0.15) is 11.8 Å². The van der Waals surface area contributed by atoms with Crippen LogP contribution in [0.3, 0.4) is 0 Å². The van der Waals surface area contributed by atoms with Crippen molar-refractivity contribution in [1.82, 2.24) is 20.5 Å². The third-order valence-corrected chi connectivity index (χ3v) is 8.99. The van der Waals surface area contributed by atoms with Crippen LogP contribution in [-0.4, -0.2) is 62.7 Å². The molecule has 0 bridgehead atoms. The van der Waals surface area contributed by atoms with Crippen LogP contribution in [0.25, 0.3) is 22.5 Å². The Bertz CT molecular complexity index is 1870. The number of aromatic amines is 1. The lowest BCUT2D eigenvalue weighted by molar-refractivity contribution is -0.231. The molecule has 0 radical (unpaired) electrons. The summed E-state index contributed by atoms with van der Waals surface area (Å²) in [5.74, 6) is -15.5. The summed E-state index contributed by atoms with van der Waals surface area (Å²) < 4.78 is 61.7. The molecular formula is C37H41ClF4N6O5. The highest BCUT2D eigenvalue weighted by Crippen LogP contribution is 2.42. The Morgan fingerprint density at radius 3 is 2.17 bits per heavy atom. The van der Waals surface area contributed by atoms with Gasteiger partial charge in [0.05, 0.1) is 6.10 Å². The average Bonchev–Trinajstić information content (AvgIpc) is 3.63. The molecule has 0 unspecified atom stereocenters. The fourth-order valence-corrected chi connectivity index (χ4v) is 6.02. The molecule has 3 aromatic carbocycles. The van der Waals surface area contributed by atoms with Crippen molar-refractivity contribution in [2.24, 2.45) is 17.6 Å². The van der Waals surface area contributed by atoms with Crippen molar-refractivity contribution in [3.05, 3.63) is 84.2 Å². The second-order valence-corrected chi connectivity index (χ2v) is 13.1. The molecule has 0 saturated heterocycles. The zero-order chi connectivity index (χ0) is 37.6. The number of nitrogens with two attached hydrogens (primary N) is 1. The molecule has 5 rings (SSSR count). The van der Waals surface area contributed by atoms with Gasteiger partial charge in [-0.05, 0) is 93.5 Å². The monoisotopic (exact) mass is 760 g/mol. The number of alkyl halides is 4. The number of carboxylic acids is 1. The molecule has 1 aliphatic rings. The number of amides is 2. The molecule has 1 aromatic heterocycles. The van der Waals surface area contributed by atoms with Crippen molar-refractivity contribution in [2.45, 2.75) is 69.9 Å². The zero-order valence-corrected chi connectivity index (χ0v) is 29.8. The highest BCUT2D eigenvalue weighted by molar-refractivity contribution is 5.97. The van der Waals surface area contributed by atoms with Crippen molar-refractivity contribution in [3.8, 4) is 28.3 Å². The number of aromatic nitrogens is 3. The first-order chi connectivity index (χ1) is 24.7. The van der Waals surface area contributed by atoms with E-state index >= 15 is 0 Å². The molecular weight excluding hydrogens is 720 g/mol. The number of H-pyrrole nitrogens is 1. The minimum absolute atomic E-state index is 0. The SMILES string of the molecule is CC(C)Oc1ccccc1-c1ccc(C[C@H](NC(=O)C2CCC(CN)CC2)C(=O)Nc2ccc(-c3n[nH]c(C(F)(F)C(F)(F)C(=O)O)n3)cc2)cc1.Cl. The summed E-state index contributed by atoms with van der Waals surface area (Å²) in [6.07, 6.45) is 3.14. The Morgan fingerprint density at radius 1 is 0.943 bits per heavy atom. The van der Waals surface area contributed by atoms with Gasteiger partial charge in [-0.2, -0.15) is 22.7 Å². The molecule has 0 aliphatic heterocycles. The number of hydrogen-bond acceptors (Lipinski definition) is 7. The van der Waals surface area contributed by atoms with Crippen LogP contribution in [-0.2, 0) is 26.7 Å². The minimum atomic E-state index is -5.43. The Hall–Kier alpha value is -5.02. The second kappa shape index (κ2) is 17.2. The molecule has 16 heteroatoms. The van der Waals surface area contributed by atoms with Gasteiger partial charge in [-0.1, -0.05) is 42.5 Å². The molecule has 6 N–H and O–H groups in total. The average molecular weight is 761 g/mol. The van der Waals surface area contributed by atoms with Crippen molar-refractivity contribution in [2.75, 3.05) is 11.9 Å². The molecule has 1 fully saturated rings. The highest BCUT2D eigenvalue weighted by Gasteiger charge is 2.65. The predicted octanol–water partition coefficient (Wildman–Crippen LogP) is 6.59. The first-order valence-corrected chi connectivity index (χ1v) is 16.9. The van der Waals surface area contributed by atoms with E-state index in [2.05, 4.69) is 20.7 Å². The summed E-state index contributed by atoms with van der Waals surface area (Å²) in [4.78, 5) is 41.2. The fourth-order valence-electron chi connectivity index (χ4n) is 6.02. The summed E-state index contributed by atoms with van der Waals surface area (Å²) in [7, 11) is 0. The van der Waals surface area contributed by atoms with Gasteiger partial charge in [-0.25, -0.2) is 9.78 Å². The lowest BCUT2D eigenvalue weighted by Gasteiger charge is -2.28. The Balaban J connectivity index is 0.00000627. The Kier molecular flexibility index (Phi) is 13.2. The summed E-state index contributed by atoms with van der Waals surface area (Å²) >= 11 is 0. The number of anilines is 1. The molecule has 0 spiro atoms. The van der Waals surface area contributed by atoms with E-state index in [1.807, 2.05) is 62.4 Å². The third kappa shape index (κ3) is 9.51. The summed E-state index contributed by atoms with van der Waals surface area (Å²) in [5, 5.41) is 19.5. The number of carboxylic acid groups (broad SMARTS) is 1. The van der Waals surface area contributed by atoms with Gasteiger partial charge >= 0.3 is 17.8 Å². The van der Waals surface area contributed by atoms with Gasteiger partial charge in [0.15, 0.2) is 5.82 Å². The van der Waals surface area contributed by atoms with E-state index in [0.717, 1.165) is 35.3 Å². The van der Waals surface area contributed by atoms with E-state index < -0.39 is 41.4 Å². The molecule has 1 saturated carbocycles. The van der Waals surface area contributed by atoms with E-state index in [1.165, 1.54) is 24.3 Å². The van der Waals surface area contributed by atoms with Gasteiger partial charge in [0.2, 0.25) is 17.6 Å². The van der Waals surface area contributed by atoms with Crippen LogP contribution in [0.1, 0.15) is 50.9 Å². The van der Waals surface area contributed by atoms with E-state index in [9.17, 15) is 31.9 Å². The van der Waals surface area contributed by atoms with Crippen molar-refractivity contribution in [1.29, 1.82) is 0 Å². The smallest absolute Gasteiger partial charge is 0.411 e. The molecule has 1 atom stereocenters. The summed E-state index contributed by atoms with van der Waals surface area (Å²) in [5.41, 5.74) is 8.84. The van der Waals surface area contributed by atoms with E-state index in [4.69, 9.17) is 15.6 Å². The second-order valence-electron chi connectivity index (χ2n) is 13.1. The quantitative estimate of drug-likeness (QED) is 0.0896. The van der Waals surface area contributed by atoms with E-state index in [1.54, 1.807) is 5.10 Å². The van der Waals surface area contributed by atoms with E-state index in [-0.39, 0.29) is 48.0 Å². The maximum absolute atomic E-state index is 14.2. The first-order valence-electron chi connectivity index (χ1n) is 16.9. The maximum atomic E-state index is 14.2. The Morgan fingerprint density at radius 2 is 1.57 bits per heavy atom. The molecule has 1 heterocycles. The normalized spacial score (nSPS) is 16.7. The molecule has 284 valence electrons. The number of rotatable bonds is 14. The van der Waals surface area contributed by atoms with Crippen LogP contribution in [0.4, 0.5) is 23.2 Å². The largest absolute Gasteiger partial charge is 0.490 e. The zero-order valence-electron chi connectivity index (χ0n) is 29.0. The number of benzene rings is 3. The standard InChI is InChI=1S/C37H40F4N6O5.ClH/c1-21(2)52-30-6-4-3-5-28(30)24-11-7-22(8-12-24)19-29(44-32(48)26-13-9-23(20-42)10-14-26)33(49)43-27-17-15-25(16-18-27)31-45-34(47-46-31)36(38,39)37(40,41)35(50)51;/h3-8,11-12,15-18,21,23,26,29H,9-10,13-14,19-20,42H2,1-2H3,(H,43,49)(H,44,48)(H,50,51)(H,45,46,47);1H/t23?,26?,29-;/m0./s1. The van der Waals surface area contributed by atoms with Gasteiger partial charge in [-0.3, -0.25) is 14.7 Å². The van der Waals surface area contributed by atoms with Crippen molar-refractivity contribution in [3.63, 3.8) is 0 Å². The molecule has 53 heavy (non-hydrogen) atoms. The molecule has 2 amide bonds. The fraction of sp³-hybridized carbons (Fsp3) is 0.378. The topological polar surface area (TPSA) is 172 Å². The van der Waals surface area contributed by atoms with Gasteiger partial charge in [0.25, 0.3) is 0 Å². The van der Waals surface area contributed by atoms with Gasteiger partial charge in [-0.15, -0.1) is 12.4 Å². The van der Waals surface area contributed by atoms with Crippen LogP contribution in [0.5, 0.6) is 5.75 Å². The number of aliphatic carboxylic acids is 1. The predicted molar refractivity (Wildman–Crippen MR) is 192 cm³/mol. The summed E-state index contributed by atoms with van der Waals surface area (Å²) in [6.45, 7) is 4.46. The molecule has 11 nitrogen and oxygen atoms in total. The number of para-hydroxylation sites is 1. The number of carbonyl (C=O) groups excluding carboxylic acids is 2. The van der Waals surface area contributed by atoms with Crippen LogP contribution in [0.15, 0.2) is 72.8 Å². The number of ether oxygens (including phenoxy) is 1. The van der Waals surface area contributed by atoms with Crippen molar-refractivity contribution < 1.29 is 41.8 Å². The minimum Gasteiger partial charge on any atom is -0.490 e. The van der Waals surface area contributed by atoms with E-state index in [0.29, 0.717) is 25.3 Å². The Labute approximate surface area is 309 Å². The number of halogens is 5. The number of hydrogen-bond donors (Lipinski definition) is 5. The van der Waals surface area contributed by atoms with Crippen LogP contribution in [0, 0.1) is 11.8 Å². The number of nitrogens with one attached hydrogen (secondary N) is 3. The van der Waals surface area contributed by atoms with Crippen LogP contribution >= 0.6 is 12.4 Å². The number of carbonyl (C=O) groups is 3. The molecule has 4 aromatic rings. The molecule has 1 aliphatic carbocycles. The third-order valence-electron chi connectivity index (χ3n) is 8.99. The van der Waals surface area contributed by atoms with Gasteiger partial charge < -0.3 is 26.2 Å². The number of nitrogens with zero attached hydrogens (tertiary/aromatic N) is 2. The lowest BCUT2D eigenvalue weighted by Crippen LogP contribution is -2.48. The van der Waals surface area contributed by atoms with Crippen LogP contribution in [0.2, 0.25) is 0 Å². The van der Waals surface area contributed by atoms with Gasteiger partial charge in [0, 0.05) is 29.2 Å². The highest BCUT2D eigenvalue weighted by atomic mass is 35.5. The van der Waals surface area contributed by atoms with Crippen molar-refractivity contribution >= 4 is 35.9 Å². The van der Waals surface area contributed by atoms with Crippen LogP contribution < -0.4 is 21.1 Å². The summed E-state index contributed by atoms with van der Waals surface area (Å²) in [6, 6.07) is 19.9. The first kappa shape index (κ1) is 40.7.